The van der Waals surface area contributed by atoms with Crippen LogP contribution in [0.3, 0.4) is 0 Å². The summed E-state index contributed by atoms with van der Waals surface area (Å²) >= 11 is 1.63. The van der Waals surface area contributed by atoms with Crippen molar-refractivity contribution in [2.45, 2.75) is 74.3 Å². The molecule has 3 heterocycles. The maximum absolute atomic E-state index is 14.0. The fraction of sp³-hybridized carbons (Fsp3) is 0.731. The molecule has 1 N–H and O–H groups in total. The zero-order valence-electron chi connectivity index (χ0n) is 20.7. The van der Waals surface area contributed by atoms with E-state index >= 15 is 0 Å². The third-order valence-corrected chi connectivity index (χ3v) is 9.58. The van der Waals surface area contributed by atoms with Gasteiger partial charge in [0.2, 0.25) is 11.8 Å². The molecular formula is C26H40N2O5S. The van der Waals surface area contributed by atoms with Gasteiger partial charge in [0.25, 0.3) is 0 Å². The number of carbonyl (C=O) groups is 3. The highest BCUT2D eigenvalue weighted by atomic mass is 32.2. The summed E-state index contributed by atoms with van der Waals surface area (Å²) < 4.78 is 4.50. The average molecular weight is 493 g/mol. The van der Waals surface area contributed by atoms with Crippen molar-refractivity contribution in [1.29, 1.82) is 0 Å². The van der Waals surface area contributed by atoms with Crippen molar-refractivity contribution in [3.63, 3.8) is 0 Å². The lowest BCUT2D eigenvalue weighted by Crippen LogP contribution is -2.55. The molecule has 3 fully saturated rings. The number of ether oxygens (including phenoxy) is 1. The maximum atomic E-state index is 14.0. The maximum Gasteiger partial charge on any atom is 0.311 e. The molecule has 0 aliphatic carbocycles. The number of nitrogens with zero attached hydrogens (tertiary/aromatic N) is 2. The number of aliphatic hydroxyl groups excluding tert-OH is 1. The second-order valence-corrected chi connectivity index (χ2v) is 11.8. The number of thioether (sulfide) groups is 1. The number of aliphatic hydroxyl groups is 1. The SMILES string of the molecule is C=CCCCOC(=O)[C@@H]1[C@H]2C(=O)N(CCO)C(C(=O)N(CC=C)CCCCC)C23CC[C@@]1(C)S3. The van der Waals surface area contributed by atoms with E-state index in [1.165, 1.54) is 0 Å². The molecule has 0 aromatic carbocycles. The quantitative estimate of drug-likeness (QED) is 0.228. The summed E-state index contributed by atoms with van der Waals surface area (Å²) in [5, 5.41) is 9.74. The molecule has 0 radical (unpaired) electrons. The minimum Gasteiger partial charge on any atom is -0.465 e. The number of amides is 2. The van der Waals surface area contributed by atoms with Crippen molar-refractivity contribution in [1.82, 2.24) is 9.80 Å². The Hall–Kier alpha value is -1.80. The van der Waals surface area contributed by atoms with Crippen molar-refractivity contribution in [2.75, 3.05) is 32.8 Å². The van der Waals surface area contributed by atoms with Crippen LogP contribution in [0.4, 0.5) is 0 Å². The first kappa shape index (κ1) is 26.8. The smallest absolute Gasteiger partial charge is 0.311 e. The number of carbonyl (C=O) groups excluding carboxylic acids is 3. The molecule has 3 aliphatic heterocycles. The molecule has 3 saturated heterocycles. The molecular weight excluding hydrogens is 452 g/mol. The van der Waals surface area contributed by atoms with Crippen LogP contribution in [0.25, 0.3) is 0 Å². The predicted octanol–water partition coefficient (Wildman–Crippen LogP) is 3.17. The van der Waals surface area contributed by atoms with E-state index in [1.807, 2.05) is 6.92 Å². The Kier molecular flexibility index (Phi) is 8.90. The molecule has 8 heteroatoms. The minimum atomic E-state index is -0.691. The van der Waals surface area contributed by atoms with E-state index in [1.54, 1.807) is 33.7 Å². The van der Waals surface area contributed by atoms with Gasteiger partial charge in [-0.2, -0.15) is 0 Å². The van der Waals surface area contributed by atoms with Gasteiger partial charge >= 0.3 is 5.97 Å². The number of rotatable bonds is 14. The molecule has 7 nitrogen and oxygen atoms in total. The van der Waals surface area contributed by atoms with Crippen molar-refractivity contribution in [3.8, 4) is 0 Å². The number of hydrogen-bond donors (Lipinski definition) is 1. The van der Waals surface area contributed by atoms with Crippen LogP contribution < -0.4 is 0 Å². The number of β-amino-alcohol motifs (C(OH)–C–C–N with tert-alkyl or cyclic N) is 1. The first-order valence-electron chi connectivity index (χ1n) is 12.6. The monoisotopic (exact) mass is 492 g/mol. The Morgan fingerprint density at radius 3 is 2.68 bits per heavy atom. The van der Waals surface area contributed by atoms with Gasteiger partial charge in [-0.05, 0) is 39.0 Å². The third-order valence-electron chi connectivity index (χ3n) is 7.60. The van der Waals surface area contributed by atoms with Gasteiger partial charge in [-0.15, -0.1) is 24.9 Å². The minimum absolute atomic E-state index is 0.0861. The van der Waals surface area contributed by atoms with Crippen LogP contribution >= 0.6 is 11.8 Å². The lowest BCUT2D eigenvalue weighted by atomic mass is 9.66. The van der Waals surface area contributed by atoms with Gasteiger partial charge < -0.3 is 19.6 Å². The summed E-state index contributed by atoms with van der Waals surface area (Å²) in [5.41, 5.74) is 0. The fourth-order valence-corrected chi connectivity index (χ4v) is 8.41. The number of allylic oxidation sites excluding steroid dienone is 1. The molecule has 190 valence electrons. The molecule has 5 atom stereocenters. The summed E-state index contributed by atoms with van der Waals surface area (Å²) in [6.07, 6.45) is 9.36. The van der Waals surface area contributed by atoms with Crippen LogP contribution in [0.1, 0.15) is 58.8 Å². The summed E-state index contributed by atoms with van der Waals surface area (Å²) in [5.74, 6) is -1.85. The summed E-state index contributed by atoms with van der Waals surface area (Å²) in [6.45, 7) is 12.8. The average Bonchev–Trinajstić information content (AvgIpc) is 3.37. The van der Waals surface area contributed by atoms with Gasteiger partial charge in [0.05, 0.1) is 29.8 Å². The third kappa shape index (κ3) is 4.68. The topological polar surface area (TPSA) is 87.1 Å². The highest BCUT2D eigenvalue weighted by molar-refractivity contribution is 8.02. The molecule has 2 unspecified atom stereocenters. The van der Waals surface area contributed by atoms with Crippen LogP contribution in [-0.2, 0) is 19.1 Å². The van der Waals surface area contributed by atoms with E-state index in [-0.39, 0.29) is 30.9 Å². The summed E-state index contributed by atoms with van der Waals surface area (Å²) in [7, 11) is 0. The number of unbranched alkanes of at least 4 members (excludes halogenated alkanes) is 3. The zero-order valence-corrected chi connectivity index (χ0v) is 21.5. The molecule has 0 saturated carbocycles. The second-order valence-electron chi connectivity index (χ2n) is 9.86. The largest absolute Gasteiger partial charge is 0.465 e. The predicted molar refractivity (Wildman–Crippen MR) is 134 cm³/mol. The van der Waals surface area contributed by atoms with Crippen LogP contribution in [0, 0.1) is 11.8 Å². The van der Waals surface area contributed by atoms with E-state index in [0.717, 1.165) is 32.1 Å². The Balaban J connectivity index is 1.92. The summed E-state index contributed by atoms with van der Waals surface area (Å²) in [4.78, 5) is 44.3. The Morgan fingerprint density at radius 2 is 2.03 bits per heavy atom. The van der Waals surface area contributed by atoms with Gasteiger partial charge in [0.15, 0.2) is 0 Å². The summed E-state index contributed by atoms with van der Waals surface area (Å²) in [6, 6.07) is -0.691. The Labute approximate surface area is 208 Å². The van der Waals surface area contributed by atoms with E-state index in [9.17, 15) is 19.5 Å². The van der Waals surface area contributed by atoms with Gasteiger partial charge in [-0.3, -0.25) is 14.4 Å². The molecule has 2 bridgehead atoms. The van der Waals surface area contributed by atoms with Gasteiger partial charge in [-0.1, -0.05) is 31.9 Å². The van der Waals surface area contributed by atoms with Gasteiger partial charge in [-0.25, -0.2) is 0 Å². The molecule has 0 aromatic rings. The van der Waals surface area contributed by atoms with Crippen LogP contribution in [-0.4, -0.2) is 81.1 Å². The first-order chi connectivity index (χ1) is 16.3. The molecule has 2 amide bonds. The lowest BCUT2D eigenvalue weighted by Gasteiger charge is -2.37. The molecule has 0 aromatic heterocycles. The molecule has 3 aliphatic rings. The number of hydrogen-bond acceptors (Lipinski definition) is 6. The number of fused-ring (bicyclic) bond motifs is 1. The van der Waals surface area contributed by atoms with Gasteiger partial charge in [0, 0.05) is 24.4 Å². The Bertz CT molecular complexity index is 804. The number of esters is 1. The Morgan fingerprint density at radius 1 is 1.26 bits per heavy atom. The van der Waals surface area contributed by atoms with Crippen molar-refractivity contribution >= 4 is 29.5 Å². The van der Waals surface area contributed by atoms with Crippen LogP contribution in [0.15, 0.2) is 25.3 Å². The normalized spacial score (nSPS) is 31.4. The van der Waals surface area contributed by atoms with E-state index in [0.29, 0.717) is 32.5 Å². The number of likely N-dealkylation sites (tertiary alicyclic amines) is 1. The lowest BCUT2D eigenvalue weighted by molar-refractivity contribution is -0.155. The van der Waals surface area contributed by atoms with Gasteiger partial charge in [0.1, 0.15) is 6.04 Å². The van der Waals surface area contributed by atoms with E-state index in [2.05, 4.69) is 20.1 Å². The second kappa shape index (κ2) is 11.3. The standard InChI is InChI=1S/C26H40N2O5S/c1-5-8-10-15-27(14-7-3)23(31)21-26-13-12-25(4,34-26)20(24(32)33-18-11-9-6-2)19(26)22(30)28(21)16-17-29/h6-7,19-21,29H,2-3,5,8-18H2,1,4H3/t19-,20-,21?,25+,26?/m0/s1. The highest BCUT2D eigenvalue weighted by Gasteiger charge is 2.77. The van der Waals surface area contributed by atoms with Crippen molar-refractivity contribution in [3.05, 3.63) is 25.3 Å². The van der Waals surface area contributed by atoms with Crippen molar-refractivity contribution < 1.29 is 24.2 Å². The molecule has 34 heavy (non-hydrogen) atoms. The fourth-order valence-electron chi connectivity index (χ4n) is 6.07. The van der Waals surface area contributed by atoms with Crippen LogP contribution in [0.5, 0.6) is 0 Å². The zero-order chi connectivity index (χ0) is 24.9. The van der Waals surface area contributed by atoms with E-state index < -0.39 is 27.4 Å². The van der Waals surface area contributed by atoms with Crippen molar-refractivity contribution in [2.24, 2.45) is 11.8 Å². The molecule has 1 spiro atoms. The van der Waals surface area contributed by atoms with Crippen LogP contribution in [0.2, 0.25) is 0 Å². The highest BCUT2D eigenvalue weighted by Crippen LogP contribution is 2.71. The van der Waals surface area contributed by atoms with E-state index in [4.69, 9.17) is 4.74 Å². The molecule has 3 rings (SSSR count). The first-order valence-corrected chi connectivity index (χ1v) is 13.4.